The molecular weight excluding hydrogens is 441 g/mol. The van der Waals surface area contributed by atoms with Gasteiger partial charge in [-0.2, -0.15) is 18.2 Å². The number of aromatic nitrogens is 2. The topological polar surface area (TPSA) is 97.6 Å². The molecule has 2 rings (SSSR count). The van der Waals surface area contributed by atoms with Gasteiger partial charge in [-0.3, -0.25) is 4.79 Å². The molecule has 0 bridgehead atoms. The van der Waals surface area contributed by atoms with E-state index in [1.165, 1.54) is 17.0 Å². The molecule has 1 atom stereocenters. The Balaban J connectivity index is 2.15. The minimum Gasteiger partial charge on any atom is -0.436 e. The lowest BCUT2D eigenvalue weighted by molar-refractivity contribution is -0.159. The van der Waals surface area contributed by atoms with Gasteiger partial charge in [-0.1, -0.05) is 55.1 Å². The number of amides is 2. The van der Waals surface area contributed by atoms with E-state index in [0.29, 0.717) is 11.1 Å². The smallest absolute Gasteiger partial charge is 0.436 e. The van der Waals surface area contributed by atoms with E-state index in [9.17, 15) is 22.8 Å². The van der Waals surface area contributed by atoms with E-state index in [4.69, 9.17) is 17.6 Å². The number of nitrogens with zero attached hydrogens (tertiary/aromatic N) is 3. The van der Waals surface area contributed by atoms with E-state index in [1.54, 1.807) is 26.0 Å². The number of alkyl carbamates (subject to hydrolysis) is 1. The molecule has 11 heteroatoms. The third-order valence-electron chi connectivity index (χ3n) is 4.34. The number of carbonyl (C=O) groups excluding carboxylic acids is 2. The van der Waals surface area contributed by atoms with E-state index in [2.05, 4.69) is 31.8 Å². The van der Waals surface area contributed by atoms with Gasteiger partial charge < -0.3 is 19.5 Å². The molecule has 0 radical (unpaired) electrons. The number of alkyl halides is 3. The van der Waals surface area contributed by atoms with Crippen molar-refractivity contribution in [2.24, 2.45) is 5.92 Å². The predicted molar refractivity (Wildman–Crippen MR) is 111 cm³/mol. The second-order valence-electron chi connectivity index (χ2n) is 7.16. The van der Waals surface area contributed by atoms with Gasteiger partial charge in [0, 0.05) is 12.1 Å². The molecule has 0 saturated carbocycles. The average Bonchev–Trinajstić information content (AvgIpc) is 3.26. The highest BCUT2D eigenvalue weighted by Gasteiger charge is 2.38. The van der Waals surface area contributed by atoms with Crippen LogP contribution in [0.1, 0.15) is 25.3 Å². The van der Waals surface area contributed by atoms with Crippen LogP contribution in [-0.2, 0) is 22.3 Å². The van der Waals surface area contributed by atoms with Crippen LogP contribution in [0.5, 0.6) is 0 Å². The maximum atomic E-state index is 13.1. The second-order valence-corrected chi connectivity index (χ2v) is 7.16. The van der Waals surface area contributed by atoms with E-state index in [1.807, 2.05) is 0 Å². The van der Waals surface area contributed by atoms with Crippen LogP contribution < -0.4 is 5.32 Å². The number of hydrogen-bond donors (Lipinski definition) is 1. The highest BCUT2D eigenvalue weighted by Crippen LogP contribution is 2.29. The first-order chi connectivity index (χ1) is 15.6. The number of halogens is 3. The van der Waals surface area contributed by atoms with Crippen LogP contribution in [0.15, 0.2) is 28.8 Å². The van der Waals surface area contributed by atoms with Crippen molar-refractivity contribution in [3.8, 4) is 36.1 Å². The third-order valence-corrected chi connectivity index (χ3v) is 4.34. The SMILES string of the molecule is C#CCOC(=O)NC(C(=O)N(CC#C)Cc1ccc(-c2noc(C(F)(F)F)n2)cc1)C(C)C. The molecule has 0 saturated heterocycles. The van der Waals surface area contributed by atoms with E-state index in [-0.39, 0.29) is 31.4 Å². The Hall–Kier alpha value is -3.99. The molecule has 1 N–H and O–H groups in total. The van der Waals surface area contributed by atoms with E-state index >= 15 is 0 Å². The Morgan fingerprint density at radius 2 is 1.88 bits per heavy atom. The summed E-state index contributed by atoms with van der Waals surface area (Å²) < 4.78 is 46.9. The van der Waals surface area contributed by atoms with Gasteiger partial charge in [-0.05, 0) is 11.5 Å². The number of rotatable bonds is 8. The zero-order valence-electron chi connectivity index (χ0n) is 17.8. The zero-order valence-corrected chi connectivity index (χ0v) is 17.8. The summed E-state index contributed by atoms with van der Waals surface area (Å²) in [5, 5.41) is 5.82. The lowest BCUT2D eigenvalue weighted by Crippen LogP contribution is -2.51. The molecule has 1 unspecified atom stereocenters. The summed E-state index contributed by atoms with van der Waals surface area (Å²) in [5.41, 5.74) is 0.935. The Bertz CT molecular complexity index is 1050. The van der Waals surface area contributed by atoms with Gasteiger partial charge in [0.05, 0.1) is 6.54 Å². The summed E-state index contributed by atoms with van der Waals surface area (Å²) in [5.74, 6) is 2.18. The number of hydrogen-bond acceptors (Lipinski definition) is 6. The minimum atomic E-state index is -4.74. The van der Waals surface area contributed by atoms with Crippen LogP contribution in [0.25, 0.3) is 11.4 Å². The first kappa shape index (κ1) is 25.3. The Morgan fingerprint density at radius 1 is 1.21 bits per heavy atom. The zero-order chi connectivity index (χ0) is 24.6. The second kappa shape index (κ2) is 11.0. The molecule has 1 aromatic heterocycles. The summed E-state index contributed by atoms with van der Waals surface area (Å²) >= 11 is 0. The molecule has 1 aromatic carbocycles. The van der Waals surface area contributed by atoms with Gasteiger partial charge in [-0.25, -0.2) is 4.79 Å². The van der Waals surface area contributed by atoms with Gasteiger partial charge >= 0.3 is 18.2 Å². The van der Waals surface area contributed by atoms with Crippen molar-refractivity contribution < 1.29 is 32.0 Å². The van der Waals surface area contributed by atoms with Gasteiger partial charge in [0.25, 0.3) is 0 Å². The first-order valence-electron chi connectivity index (χ1n) is 9.66. The lowest BCUT2D eigenvalue weighted by atomic mass is 10.0. The van der Waals surface area contributed by atoms with Crippen LogP contribution in [0.3, 0.4) is 0 Å². The number of ether oxygens (including phenoxy) is 1. The quantitative estimate of drug-likeness (QED) is 0.606. The standard InChI is InChI=1S/C22H21F3N4O4/c1-5-11-29(19(30)17(14(3)4)26-21(31)32-12-6-2)13-15-7-9-16(10-8-15)18-27-20(33-28-18)22(23,24)25/h1-2,7-10,14,17H,11-13H2,3-4H3,(H,26,31). The van der Waals surface area contributed by atoms with Gasteiger partial charge in [0.1, 0.15) is 6.04 Å². The van der Waals surface area contributed by atoms with Gasteiger partial charge in [-0.15, -0.1) is 12.8 Å². The molecule has 2 aromatic rings. The summed E-state index contributed by atoms with van der Waals surface area (Å²) in [6.07, 6.45) is 4.89. The van der Waals surface area contributed by atoms with Crippen LogP contribution in [0.2, 0.25) is 0 Å². The molecule has 0 aliphatic rings. The first-order valence-corrected chi connectivity index (χ1v) is 9.66. The number of terminal acetylenes is 2. The monoisotopic (exact) mass is 462 g/mol. The predicted octanol–water partition coefficient (Wildman–Crippen LogP) is 3.10. The maximum Gasteiger partial charge on any atom is 0.471 e. The van der Waals surface area contributed by atoms with Crippen LogP contribution in [0, 0.1) is 30.6 Å². The number of carbonyl (C=O) groups is 2. The minimum absolute atomic E-state index is 0.0370. The van der Waals surface area contributed by atoms with Crippen LogP contribution in [0.4, 0.5) is 18.0 Å². The van der Waals surface area contributed by atoms with E-state index < -0.39 is 30.1 Å². The van der Waals surface area contributed by atoms with Crippen molar-refractivity contribution in [2.45, 2.75) is 32.6 Å². The third kappa shape index (κ3) is 7.01. The summed E-state index contributed by atoms with van der Waals surface area (Å²) in [7, 11) is 0. The summed E-state index contributed by atoms with van der Waals surface area (Å²) in [6.45, 7) is 3.30. The fraction of sp³-hybridized carbons (Fsp3) is 0.364. The Kier molecular flexibility index (Phi) is 8.46. The molecule has 174 valence electrons. The number of nitrogens with one attached hydrogen (secondary N) is 1. The normalized spacial score (nSPS) is 11.9. The molecule has 2 amide bonds. The lowest BCUT2D eigenvalue weighted by Gasteiger charge is -2.28. The van der Waals surface area contributed by atoms with Gasteiger partial charge in [0.2, 0.25) is 11.7 Å². The van der Waals surface area contributed by atoms with Crippen molar-refractivity contribution in [3.63, 3.8) is 0 Å². The average molecular weight is 462 g/mol. The van der Waals surface area contributed by atoms with E-state index in [0.717, 1.165) is 0 Å². The molecule has 33 heavy (non-hydrogen) atoms. The highest BCUT2D eigenvalue weighted by atomic mass is 19.4. The molecule has 0 fully saturated rings. The van der Waals surface area contributed by atoms with Crippen molar-refractivity contribution in [1.29, 1.82) is 0 Å². The highest BCUT2D eigenvalue weighted by molar-refractivity contribution is 5.86. The van der Waals surface area contributed by atoms with Crippen molar-refractivity contribution in [1.82, 2.24) is 20.4 Å². The van der Waals surface area contributed by atoms with Crippen LogP contribution in [-0.4, -0.2) is 46.2 Å². The van der Waals surface area contributed by atoms with Gasteiger partial charge in [0.15, 0.2) is 6.61 Å². The maximum absolute atomic E-state index is 13.1. The van der Waals surface area contributed by atoms with Crippen molar-refractivity contribution in [2.75, 3.05) is 13.2 Å². The summed E-state index contributed by atoms with van der Waals surface area (Å²) in [6, 6.07) is 5.26. The largest absolute Gasteiger partial charge is 0.471 e. The molecule has 0 aliphatic heterocycles. The Morgan fingerprint density at radius 3 is 2.39 bits per heavy atom. The Labute approximate surface area is 188 Å². The number of benzene rings is 1. The molecule has 0 aliphatic carbocycles. The molecule has 8 nitrogen and oxygen atoms in total. The fourth-order valence-corrected chi connectivity index (χ4v) is 2.74. The fourth-order valence-electron chi connectivity index (χ4n) is 2.74. The molecular formula is C22H21F3N4O4. The van der Waals surface area contributed by atoms with Crippen molar-refractivity contribution in [3.05, 3.63) is 35.7 Å². The molecule has 1 heterocycles. The van der Waals surface area contributed by atoms with Crippen molar-refractivity contribution >= 4 is 12.0 Å². The van der Waals surface area contributed by atoms with Crippen LogP contribution >= 0.6 is 0 Å². The molecule has 0 spiro atoms. The summed E-state index contributed by atoms with van der Waals surface area (Å²) in [4.78, 5) is 29.6.